The number of fused-ring (bicyclic) bond motifs is 1. The summed E-state index contributed by atoms with van der Waals surface area (Å²) >= 11 is 0. The van der Waals surface area contributed by atoms with Gasteiger partial charge in [0.2, 0.25) is 0 Å². The Morgan fingerprint density at radius 2 is 2.28 bits per heavy atom. The fourth-order valence-electron chi connectivity index (χ4n) is 2.06. The number of nitrogens with one attached hydrogen (secondary N) is 1. The maximum absolute atomic E-state index is 11.7. The third kappa shape index (κ3) is 1.73. The number of rotatable bonds is 2. The molecule has 1 amide bonds. The number of carbonyl (C=O) groups is 1. The number of carbonyl (C=O) groups excluding carboxylic acids is 1. The summed E-state index contributed by atoms with van der Waals surface area (Å²) in [6.45, 7) is 1.34. The standard InChI is InChI=1S/C13H13N3O2/c1-18-10-4-2-3-9(7-10)11-8-12-13(17)14-5-6-16(12)15-11/h2-4,7-8H,5-6H2,1H3,(H,14,17). The van der Waals surface area contributed by atoms with Crippen molar-refractivity contribution in [1.29, 1.82) is 0 Å². The molecule has 1 aromatic heterocycles. The monoisotopic (exact) mass is 243 g/mol. The smallest absolute Gasteiger partial charge is 0.269 e. The molecule has 0 radical (unpaired) electrons. The number of methoxy groups -OCH3 is 1. The quantitative estimate of drug-likeness (QED) is 0.865. The SMILES string of the molecule is COc1cccc(-c2cc3n(n2)CCNC3=O)c1. The molecule has 0 fully saturated rings. The minimum Gasteiger partial charge on any atom is -0.497 e. The van der Waals surface area contributed by atoms with Gasteiger partial charge >= 0.3 is 0 Å². The Labute approximate surface area is 104 Å². The summed E-state index contributed by atoms with van der Waals surface area (Å²) < 4.78 is 6.93. The molecule has 1 aromatic carbocycles. The van der Waals surface area contributed by atoms with Gasteiger partial charge < -0.3 is 10.1 Å². The largest absolute Gasteiger partial charge is 0.497 e. The van der Waals surface area contributed by atoms with Gasteiger partial charge in [0.1, 0.15) is 11.4 Å². The molecule has 0 aliphatic carbocycles. The Balaban J connectivity index is 2.04. The normalized spacial score (nSPS) is 13.9. The van der Waals surface area contributed by atoms with Gasteiger partial charge in [0.25, 0.3) is 5.91 Å². The van der Waals surface area contributed by atoms with Crippen LogP contribution in [0.4, 0.5) is 0 Å². The number of amides is 1. The molecule has 3 rings (SSSR count). The first kappa shape index (κ1) is 10.8. The lowest BCUT2D eigenvalue weighted by Gasteiger charge is -2.13. The third-order valence-corrected chi connectivity index (χ3v) is 2.99. The van der Waals surface area contributed by atoms with Crippen molar-refractivity contribution in [3.63, 3.8) is 0 Å². The van der Waals surface area contributed by atoms with Crippen LogP contribution in [0.15, 0.2) is 30.3 Å². The zero-order valence-corrected chi connectivity index (χ0v) is 10.0. The van der Waals surface area contributed by atoms with Gasteiger partial charge in [-0.25, -0.2) is 0 Å². The molecular formula is C13H13N3O2. The maximum atomic E-state index is 11.7. The van der Waals surface area contributed by atoms with E-state index in [2.05, 4.69) is 10.4 Å². The first-order valence-electron chi connectivity index (χ1n) is 5.78. The van der Waals surface area contributed by atoms with E-state index >= 15 is 0 Å². The molecule has 2 aromatic rings. The van der Waals surface area contributed by atoms with Gasteiger partial charge in [-0.2, -0.15) is 5.10 Å². The summed E-state index contributed by atoms with van der Waals surface area (Å²) in [5, 5.41) is 7.25. The van der Waals surface area contributed by atoms with E-state index in [1.54, 1.807) is 11.8 Å². The molecule has 0 spiro atoms. The van der Waals surface area contributed by atoms with E-state index in [-0.39, 0.29) is 5.91 Å². The van der Waals surface area contributed by atoms with Crippen molar-refractivity contribution >= 4 is 5.91 Å². The number of benzene rings is 1. The average molecular weight is 243 g/mol. The van der Waals surface area contributed by atoms with Crippen molar-refractivity contribution in [1.82, 2.24) is 15.1 Å². The Hall–Kier alpha value is -2.30. The molecule has 1 N–H and O–H groups in total. The lowest BCUT2D eigenvalue weighted by molar-refractivity contribution is 0.0924. The van der Waals surface area contributed by atoms with E-state index in [1.165, 1.54) is 0 Å². The molecular weight excluding hydrogens is 230 g/mol. The van der Waals surface area contributed by atoms with Crippen molar-refractivity contribution in [2.45, 2.75) is 6.54 Å². The zero-order valence-electron chi connectivity index (χ0n) is 10.0. The van der Waals surface area contributed by atoms with Crippen LogP contribution >= 0.6 is 0 Å². The highest BCUT2D eigenvalue weighted by Crippen LogP contribution is 2.24. The summed E-state index contributed by atoms with van der Waals surface area (Å²) in [4.78, 5) is 11.7. The highest BCUT2D eigenvalue weighted by molar-refractivity contribution is 5.94. The van der Waals surface area contributed by atoms with Crippen molar-refractivity contribution in [2.24, 2.45) is 0 Å². The van der Waals surface area contributed by atoms with Crippen LogP contribution in [0.2, 0.25) is 0 Å². The van der Waals surface area contributed by atoms with E-state index in [1.807, 2.05) is 30.3 Å². The summed E-state index contributed by atoms with van der Waals surface area (Å²) in [5.41, 5.74) is 2.35. The second kappa shape index (κ2) is 4.18. The van der Waals surface area contributed by atoms with Crippen LogP contribution in [-0.4, -0.2) is 29.3 Å². The molecule has 0 saturated heterocycles. The van der Waals surface area contributed by atoms with Gasteiger partial charge in [-0.1, -0.05) is 12.1 Å². The minimum atomic E-state index is -0.0668. The van der Waals surface area contributed by atoms with E-state index < -0.39 is 0 Å². The van der Waals surface area contributed by atoms with E-state index in [9.17, 15) is 4.79 Å². The molecule has 2 heterocycles. The molecule has 1 aliphatic heterocycles. The van der Waals surface area contributed by atoms with Gasteiger partial charge in [0.05, 0.1) is 19.3 Å². The molecule has 5 heteroatoms. The molecule has 0 bridgehead atoms. The van der Waals surface area contributed by atoms with Gasteiger partial charge in [-0.15, -0.1) is 0 Å². The Morgan fingerprint density at radius 1 is 1.39 bits per heavy atom. The summed E-state index contributed by atoms with van der Waals surface area (Å²) in [7, 11) is 1.63. The van der Waals surface area contributed by atoms with E-state index in [0.29, 0.717) is 18.8 Å². The number of hydrogen-bond acceptors (Lipinski definition) is 3. The Kier molecular flexibility index (Phi) is 2.51. The predicted molar refractivity (Wildman–Crippen MR) is 66.5 cm³/mol. The van der Waals surface area contributed by atoms with Crippen molar-refractivity contribution < 1.29 is 9.53 Å². The van der Waals surface area contributed by atoms with Crippen LogP contribution in [0.3, 0.4) is 0 Å². The topological polar surface area (TPSA) is 56.1 Å². The minimum absolute atomic E-state index is 0.0668. The number of nitrogens with zero attached hydrogens (tertiary/aromatic N) is 2. The highest BCUT2D eigenvalue weighted by Gasteiger charge is 2.19. The predicted octanol–water partition coefficient (Wildman–Crippen LogP) is 1.30. The molecule has 92 valence electrons. The van der Waals surface area contributed by atoms with Crippen molar-refractivity contribution in [3.8, 4) is 17.0 Å². The van der Waals surface area contributed by atoms with Crippen molar-refractivity contribution in [2.75, 3.05) is 13.7 Å². The van der Waals surface area contributed by atoms with Crippen LogP contribution in [0.25, 0.3) is 11.3 Å². The number of hydrogen-bond donors (Lipinski definition) is 1. The Morgan fingerprint density at radius 3 is 3.06 bits per heavy atom. The van der Waals surface area contributed by atoms with Gasteiger partial charge in [-0.05, 0) is 18.2 Å². The summed E-state index contributed by atoms with van der Waals surface area (Å²) in [6, 6.07) is 9.46. The Bertz CT molecular complexity index is 604. The number of aromatic nitrogens is 2. The molecule has 0 saturated carbocycles. The first-order chi connectivity index (χ1) is 8.78. The molecule has 18 heavy (non-hydrogen) atoms. The second-order valence-corrected chi connectivity index (χ2v) is 4.13. The maximum Gasteiger partial charge on any atom is 0.269 e. The van der Waals surface area contributed by atoms with Crippen molar-refractivity contribution in [3.05, 3.63) is 36.0 Å². The molecule has 5 nitrogen and oxygen atoms in total. The van der Waals surface area contributed by atoms with Crippen LogP contribution in [0.5, 0.6) is 5.75 Å². The molecule has 0 atom stereocenters. The zero-order chi connectivity index (χ0) is 12.5. The number of ether oxygens (including phenoxy) is 1. The van der Waals surface area contributed by atoms with Gasteiger partial charge in [0.15, 0.2) is 0 Å². The second-order valence-electron chi connectivity index (χ2n) is 4.13. The van der Waals surface area contributed by atoms with Crippen LogP contribution in [-0.2, 0) is 6.54 Å². The fraction of sp³-hybridized carbons (Fsp3) is 0.231. The molecule has 1 aliphatic rings. The lowest BCUT2D eigenvalue weighted by atomic mass is 10.1. The fourth-order valence-corrected chi connectivity index (χ4v) is 2.06. The average Bonchev–Trinajstić information content (AvgIpc) is 2.84. The first-order valence-corrected chi connectivity index (χ1v) is 5.78. The van der Waals surface area contributed by atoms with Gasteiger partial charge in [-0.3, -0.25) is 9.48 Å². The van der Waals surface area contributed by atoms with Crippen LogP contribution in [0.1, 0.15) is 10.5 Å². The molecule has 0 unspecified atom stereocenters. The summed E-state index contributed by atoms with van der Waals surface area (Å²) in [6.07, 6.45) is 0. The van der Waals surface area contributed by atoms with Crippen LogP contribution < -0.4 is 10.1 Å². The van der Waals surface area contributed by atoms with E-state index in [4.69, 9.17) is 4.74 Å². The summed E-state index contributed by atoms with van der Waals surface area (Å²) in [5.74, 6) is 0.714. The van der Waals surface area contributed by atoms with Crippen LogP contribution in [0, 0.1) is 0 Å². The van der Waals surface area contributed by atoms with E-state index in [0.717, 1.165) is 17.0 Å². The lowest BCUT2D eigenvalue weighted by Crippen LogP contribution is -2.35. The highest BCUT2D eigenvalue weighted by atomic mass is 16.5. The van der Waals surface area contributed by atoms with Gasteiger partial charge in [0, 0.05) is 12.1 Å². The third-order valence-electron chi connectivity index (χ3n) is 2.99.